The molecule has 3 heteroatoms. The fourth-order valence-corrected chi connectivity index (χ4v) is 7.35. The van der Waals surface area contributed by atoms with Crippen molar-refractivity contribution in [2.45, 2.75) is 82.8 Å². The molecule has 120 valence electrons. The highest BCUT2D eigenvalue weighted by Crippen LogP contribution is 2.79. The van der Waals surface area contributed by atoms with Crippen LogP contribution in [-0.4, -0.2) is 22.8 Å². The number of Topliss-reactive ketones (excluding diaryl/α,β-unsaturated/α-hetero) is 2. The van der Waals surface area contributed by atoms with Crippen LogP contribution in [0.3, 0.4) is 0 Å². The van der Waals surface area contributed by atoms with E-state index in [1.54, 1.807) is 0 Å². The van der Waals surface area contributed by atoms with Crippen LogP contribution in [-0.2, 0) is 14.3 Å². The van der Waals surface area contributed by atoms with Crippen molar-refractivity contribution in [2.24, 2.45) is 22.7 Å². The van der Waals surface area contributed by atoms with E-state index in [1.807, 2.05) is 0 Å². The van der Waals surface area contributed by atoms with Crippen molar-refractivity contribution in [2.75, 3.05) is 0 Å². The molecule has 3 nitrogen and oxygen atoms in total. The minimum absolute atomic E-state index is 0.0300. The number of carbonyl (C=O) groups excluding carboxylic acids is 2. The molecule has 0 radical (unpaired) electrons. The molecule has 5 rings (SSSR count). The van der Waals surface area contributed by atoms with Crippen LogP contribution in [0.25, 0.3) is 0 Å². The SMILES string of the molecule is C[C@]12CCC(=O)C[C@@H]1CC[C@]13O[C@]14CCC(=O)[C@]4(C)CC[C@H]23. The van der Waals surface area contributed by atoms with E-state index in [1.165, 1.54) is 0 Å². The quantitative estimate of drug-likeness (QED) is 0.644. The molecule has 0 aromatic carbocycles. The summed E-state index contributed by atoms with van der Waals surface area (Å²) in [6, 6.07) is 0. The molecule has 5 fully saturated rings. The van der Waals surface area contributed by atoms with Crippen LogP contribution in [0.4, 0.5) is 0 Å². The zero-order chi connectivity index (χ0) is 15.4. The van der Waals surface area contributed by atoms with Gasteiger partial charge in [-0.05, 0) is 62.7 Å². The van der Waals surface area contributed by atoms with Crippen molar-refractivity contribution in [1.82, 2.24) is 0 Å². The molecule has 0 amide bonds. The molecule has 4 aliphatic carbocycles. The summed E-state index contributed by atoms with van der Waals surface area (Å²) in [6.07, 6.45) is 8.53. The van der Waals surface area contributed by atoms with Crippen LogP contribution in [0.1, 0.15) is 71.6 Å². The fraction of sp³-hybridized carbons (Fsp3) is 0.895. The van der Waals surface area contributed by atoms with Gasteiger partial charge in [0.05, 0.1) is 5.41 Å². The van der Waals surface area contributed by atoms with Crippen molar-refractivity contribution in [3.8, 4) is 0 Å². The number of ketones is 2. The van der Waals surface area contributed by atoms with E-state index in [-0.39, 0.29) is 22.0 Å². The number of hydrogen-bond donors (Lipinski definition) is 0. The van der Waals surface area contributed by atoms with E-state index in [9.17, 15) is 9.59 Å². The Kier molecular flexibility index (Phi) is 2.30. The minimum atomic E-state index is -0.225. The van der Waals surface area contributed by atoms with E-state index in [0.29, 0.717) is 29.8 Å². The summed E-state index contributed by atoms with van der Waals surface area (Å²) in [4.78, 5) is 24.4. The Labute approximate surface area is 132 Å². The standard InChI is InChI=1S/C19H26O3/c1-16-7-4-13(20)11-12(16)3-9-18-14(16)5-8-17(2)15(21)6-10-19(17,18)22-18/h12,14H,3-11H2,1-2H3/t12-,14+,16-,17-,18+,19-/m0/s1. The molecule has 0 unspecified atom stereocenters. The molecule has 4 saturated carbocycles. The van der Waals surface area contributed by atoms with Crippen LogP contribution in [0.5, 0.6) is 0 Å². The number of rotatable bonds is 0. The second kappa shape index (κ2) is 3.68. The number of hydrogen-bond acceptors (Lipinski definition) is 3. The van der Waals surface area contributed by atoms with Crippen molar-refractivity contribution >= 4 is 11.6 Å². The summed E-state index contributed by atoms with van der Waals surface area (Å²) in [5.74, 6) is 2.01. The van der Waals surface area contributed by atoms with Crippen LogP contribution >= 0.6 is 0 Å². The predicted molar refractivity (Wildman–Crippen MR) is 81.3 cm³/mol. The first-order valence-electron chi connectivity index (χ1n) is 9.13. The average Bonchev–Trinajstić information content (AvgIpc) is 3.09. The van der Waals surface area contributed by atoms with Gasteiger partial charge in [-0.3, -0.25) is 9.59 Å². The van der Waals surface area contributed by atoms with Crippen LogP contribution in [0.2, 0.25) is 0 Å². The largest absolute Gasteiger partial charge is 0.361 e. The molecule has 0 N–H and O–H groups in total. The predicted octanol–water partition coefficient (Wildman–Crippen LogP) is 3.44. The second-order valence-corrected chi connectivity index (χ2v) is 9.15. The first-order valence-corrected chi connectivity index (χ1v) is 9.13. The molecule has 1 heterocycles. The molecule has 0 aromatic heterocycles. The third-order valence-corrected chi connectivity index (χ3v) is 8.71. The molecular formula is C19H26O3. The third-order valence-electron chi connectivity index (χ3n) is 8.71. The van der Waals surface area contributed by atoms with E-state index >= 15 is 0 Å². The lowest BCUT2D eigenvalue weighted by Crippen LogP contribution is -2.58. The van der Waals surface area contributed by atoms with Crippen molar-refractivity contribution in [1.29, 1.82) is 0 Å². The number of carbonyl (C=O) groups is 2. The van der Waals surface area contributed by atoms with Crippen LogP contribution in [0.15, 0.2) is 0 Å². The summed E-state index contributed by atoms with van der Waals surface area (Å²) >= 11 is 0. The van der Waals surface area contributed by atoms with Gasteiger partial charge in [0.1, 0.15) is 22.8 Å². The van der Waals surface area contributed by atoms with Gasteiger partial charge < -0.3 is 4.74 Å². The average molecular weight is 302 g/mol. The third kappa shape index (κ3) is 1.20. The van der Waals surface area contributed by atoms with Gasteiger partial charge in [0.15, 0.2) is 0 Å². The van der Waals surface area contributed by atoms with Gasteiger partial charge in [0.2, 0.25) is 0 Å². The Balaban J connectivity index is 1.57. The molecule has 0 bridgehead atoms. The minimum Gasteiger partial charge on any atom is -0.361 e. The molecule has 5 aliphatic rings. The Morgan fingerprint density at radius 1 is 1.00 bits per heavy atom. The van der Waals surface area contributed by atoms with Crippen LogP contribution in [0, 0.1) is 22.7 Å². The van der Waals surface area contributed by atoms with Gasteiger partial charge in [0.25, 0.3) is 0 Å². The Hall–Kier alpha value is -0.700. The highest BCUT2D eigenvalue weighted by atomic mass is 16.6. The summed E-state index contributed by atoms with van der Waals surface area (Å²) in [6.45, 7) is 4.59. The van der Waals surface area contributed by atoms with Gasteiger partial charge in [-0.15, -0.1) is 0 Å². The zero-order valence-electron chi connectivity index (χ0n) is 13.7. The lowest BCUT2D eigenvalue weighted by Gasteiger charge is -2.56. The van der Waals surface area contributed by atoms with Gasteiger partial charge in [0, 0.05) is 19.3 Å². The molecule has 0 aromatic rings. The fourth-order valence-electron chi connectivity index (χ4n) is 7.35. The van der Waals surface area contributed by atoms with Gasteiger partial charge in [-0.1, -0.05) is 6.92 Å². The zero-order valence-corrected chi connectivity index (χ0v) is 13.7. The maximum atomic E-state index is 12.5. The van der Waals surface area contributed by atoms with Crippen molar-refractivity contribution in [3.05, 3.63) is 0 Å². The summed E-state index contributed by atoms with van der Waals surface area (Å²) in [5.41, 5.74) is -0.146. The lowest BCUT2D eigenvalue weighted by atomic mass is 9.45. The first kappa shape index (κ1) is 13.7. The summed E-state index contributed by atoms with van der Waals surface area (Å²) < 4.78 is 6.59. The maximum absolute atomic E-state index is 12.5. The molecule has 6 atom stereocenters. The van der Waals surface area contributed by atoms with Gasteiger partial charge in [-0.2, -0.15) is 0 Å². The molecular weight excluding hydrogens is 276 g/mol. The van der Waals surface area contributed by atoms with E-state index in [2.05, 4.69) is 13.8 Å². The van der Waals surface area contributed by atoms with E-state index in [0.717, 1.165) is 51.4 Å². The number of epoxide rings is 1. The Bertz CT molecular complexity index is 597. The Morgan fingerprint density at radius 2 is 1.82 bits per heavy atom. The first-order chi connectivity index (χ1) is 10.4. The van der Waals surface area contributed by atoms with Crippen molar-refractivity contribution < 1.29 is 14.3 Å². The highest BCUT2D eigenvalue weighted by molar-refractivity contribution is 5.90. The van der Waals surface area contributed by atoms with Gasteiger partial charge >= 0.3 is 0 Å². The summed E-state index contributed by atoms with van der Waals surface area (Å²) in [5, 5.41) is 0. The smallest absolute Gasteiger partial charge is 0.141 e. The maximum Gasteiger partial charge on any atom is 0.141 e. The van der Waals surface area contributed by atoms with E-state index < -0.39 is 0 Å². The molecule has 1 saturated heterocycles. The lowest BCUT2D eigenvalue weighted by molar-refractivity contribution is -0.134. The van der Waals surface area contributed by atoms with Crippen molar-refractivity contribution in [3.63, 3.8) is 0 Å². The molecule has 1 aliphatic heterocycles. The van der Waals surface area contributed by atoms with Gasteiger partial charge in [-0.25, -0.2) is 0 Å². The topological polar surface area (TPSA) is 46.7 Å². The second-order valence-electron chi connectivity index (χ2n) is 9.15. The Morgan fingerprint density at radius 3 is 2.64 bits per heavy atom. The molecule has 22 heavy (non-hydrogen) atoms. The van der Waals surface area contributed by atoms with E-state index in [4.69, 9.17) is 4.74 Å². The molecule has 2 spiro atoms. The summed E-state index contributed by atoms with van der Waals surface area (Å²) in [7, 11) is 0. The monoisotopic (exact) mass is 302 g/mol. The number of ether oxygens (including phenoxy) is 1. The highest BCUT2D eigenvalue weighted by Gasteiger charge is 2.86. The normalized spacial score (nSPS) is 59.4. The number of fused-ring (bicyclic) bond motifs is 2. The van der Waals surface area contributed by atoms with Crippen LogP contribution < -0.4 is 0 Å².